The van der Waals surface area contributed by atoms with Gasteiger partial charge in [-0.1, -0.05) is 30.3 Å². The van der Waals surface area contributed by atoms with Crippen molar-refractivity contribution in [3.63, 3.8) is 0 Å². The Morgan fingerprint density at radius 1 is 1.17 bits per heavy atom. The van der Waals surface area contributed by atoms with Gasteiger partial charge in [-0.15, -0.1) is 0 Å². The van der Waals surface area contributed by atoms with Crippen molar-refractivity contribution in [3.05, 3.63) is 64.2 Å². The van der Waals surface area contributed by atoms with Crippen LogP contribution in [0.2, 0.25) is 0 Å². The van der Waals surface area contributed by atoms with Crippen molar-refractivity contribution in [2.45, 2.75) is 39.4 Å². The first-order valence-electron chi connectivity index (χ1n) is 8.30. The normalized spacial score (nSPS) is 15.7. The Morgan fingerprint density at radius 2 is 1.83 bits per heavy atom. The van der Waals surface area contributed by atoms with E-state index in [4.69, 9.17) is 9.84 Å². The molecule has 0 bridgehead atoms. The van der Waals surface area contributed by atoms with E-state index < -0.39 is 6.10 Å². The number of nitrogens with one attached hydrogen (secondary N) is 1. The maximum absolute atomic E-state index is 12.3. The third kappa shape index (κ3) is 3.60. The molecule has 0 saturated carbocycles. The Bertz CT molecular complexity index is 706. The van der Waals surface area contributed by atoms with Crippen LogP contribution in [0.5, 0.6) is 5.75 Å². The third-order valence-corrected chi connectivity index (χ3v) is 4.56. The SMILES string of the molecule is Cc1cc2c(cc1C)OC(C(=O)NCCc1ccc(CO)cc1)C2. The molecule has 1 atom stereocenters. The van der Waals surface area contributed by atoms with Gasteiger partial charge in [0.25, 0.3) is 5.91 Å². The van der Waals surface area contributed by atoms with Crippen LogP contribution in [0.15, 0.2) is 36.4 Å². The highest BCUT2D eigenvalue weighted by Crippen LogP contribution is 2.31. The number of rotatable bonds is 5. The van der Waals surface area contributed by atoms with Crippen LogP contribution in [0.3, 0.4) is 0 Å². The van der Waals surface area contributed by atoms with Gasteiger partial charge in [0.1, 0.15) is 5.75 Å². The molecule has 1 amide bonds. The molecule has 126 valence electrons. The lowest BCUT2D eigenvalue weighted by molar-refractivity contribution is -0.127. The van der Waals surface area contributed by atoms with Crippen LogP contribution >= 0.6 is 0 Å². The number of fused-ring (bicyclic) bond motifs is 1. The van der Waals surface area contributed by atoms with Crippen molar-refractivity contribution in [1.29, 1.82) is 0 Å². The molecule has 0 radical (unpaired) electrons. The average molecular weight is 325 g/mol. The van der Waals surface area contributed by atoms with Crippen molar-refractivity contribution in [2.24, 2.45) is 0 Å². The van der Waals surface area contributed by atoms with Crippen molar-refractivity contribution >= 4 is 5.91 Å². The van der Waals surface area contributed by atoms with Gasteiger partial charge in [-0.25, -0.2) is 0 Å². The standard InChI is InChI=1S/C20H23NO3/c1-13-9-17-11-19(24-18(17)10-14(13)2)20(23)21-8-7-15-3-5-16(12-22)6-4-15/h3-6,9-10,19,22H,7-8,11-12H2,1-2H3,(H,21,23). The van der Waals surface area contributed by atoms with E-state index in [1.807, 2.05) is 30.3 Å². The first-order valence-corrected chi connectivity index (χ1v) is 8.30. The van der Waals surface area contributed by atoms with Gasteiger partial charge in [0.15, 0.2) is 6.10 Å². The first-order chi connectivity index (χ1) is 11.6. The Morgan fingerprint density at radius 3 is 2.54 bits per heavy atom. The Kier molecular flexibility index (Phi) is 4.86. The molecule has 1 heterocycles. The molecular weight excluding hydrogens is 302 g/mol. The monoisotopic (exact) mass is 325 g/mol. The summed E-state index contributed by atoms with van der Waals surface area (Å²) in [6.07, 6.45) is 0.959. The summed E-state index contributed by atoms with van der Waals surface area (Å²) in [5, 5.41) is 12.0. The second kappa shape index (κ2) is 7.05. The summed E-state index contributed by atoms with van der Waals surface area (Å²) in [5.41, 5.74) is 5.54. The minimum absolute atomic E-state index is 0.0511. The highest BCUT2D eigenvalue weighted by atomic mass is 16.5. The average Bonchev–Trinajstić information content (AvgIpc) is 2.98. The molecule has 4 heteroatoms. The highest BCUT2D eigenvalue weighted by Gasteiger charge is 2.29. The zero-order chi connectivity index (χ0) is 17.1. The smallest absolute Gasteiger partial charge is 0.261 e. The Balaban J connectivity index is 1.51. The van der Waals surface area contributed by atoms with E-state index in [9.17, 15) is 4.79 Å². The van der Waals surface area contributed by atoms with Gasteiger partial charge in [0, 0.05) is 13.0 Å². The largest absolute Gasteiger partial charge is 0.480 e. The van der Waals surface area contributed by atoms with Crippen LogP contribution in [0, 0.1) is 13.8 Å². The number of aryl methyl sites for hydroxylation is 2. The summed E-state index contributed by atoms with van der Waals surface area (Å²) in [4.78, 5) is 12.3. The molecule has 0 aromatic heterocycles. The van der Waals surface area contributed by atoms with Gasteiger partial charge in [0.05, 0.1) is 6.61 Å². The molecule has 1 aliphatic heterocycles. The van der Waals surface area contributed by atoms with E-state index in [2.05, 4.69) is 25.2 Å². The number of carbonyl (C=O) groups is 1. The quantitative estimate of drug-likeness (QED) is 0.888. The van der Waals surface area contributed by atoms with Gasteiger partial charge in [0.2, 0.25) is 0 Å². The molecule has 4 nitrogen and oxygen atoms in total. The van der Waals surface area contributed by atoms with Gasteiger partial charge < -0.3 is 15.2 Å². The summed E-state index contributed by atoms with van der Waals surface area (Å²) in [6, 6.07) is 11.9. The van der Waals surface area contributed by atoms with E-state index in [1.54, 1.807) is 0 Å². The van der Waals surface area contributed by atoms with E-state index in [0.29, 0.717) is 13.0 Å². The number of carbonyl (C=O) groups excluding carboxylic acids is 1. The fourth-order valence-electron chi connectivity index (χ4n) is 2.91. The van der Waals surface area contributed by atoms with Crippen LogP contribution in [0.4, 0.5) is 0 Å². The molecule has 24 heavy (non-hydrogen) atoms. The maximum Gasteiger partial charge on any atom is 0.261 e. The summed E-state index contributed by atoms with van der Waals surface area (Å²) >= 11 is 0. The van der Waals surface area contributed by atoms with Crippen LogP contribution < -0.4 is 10.1 Å². The lowest BCUT2D eigenvalue weighted by atomic mass is 10.0. The van der Waals surface area contributed by atoms with Crippen molar-refractivity contribution in [3.8, 4) is 5.75 Å². The summed E-state index contributed by atoms with van der Waals surface area (Å²) < 4.78 is 5.80. The number of hydrogen-bond acceptors (Lipinski definition) is 3. The molecule has 3 rings (SSSR count). The van der Waals surface area contributed by atoms with Crippen molar-refractivity contribution in [2.75, 3.05) is 6.54 Å². The number of aliphatic hydroxyl groups is 1. The molecule has 0 fully saturated rings. The molecular formula is C20H23NO3. The number of ether oxygens (including phenoxy) is 1. The van der Waals surface area contributed by atoms with Gasteiger partial charge in [-0.2, -0.15) is 0 Å². The molecule has 1 aliphatic rings. The minimum atomic E-state index is -0.432. The number of aliphatic hydroxyl groups excluding tert-OH is 1. The Labute approximate surface area is 142 Å². The zero-order valence-corrected chi connectivity index (χ0v) is 14.1. The maximum atomic E-state index is 12.3. The first kappa shape index (κ1) is 16.5. The van der Waals surface area contributed by atoms with Crippen LogP contribution in [0.25, 0.3) is 0 Å². The lowest BCUT2D eigenvalue weighted by Gasteiger charge is -2.11. The fourth-order valence-corrected chi connectivity index (χ4v) is 2.91. The molecule has 0 aliphatic carbocycles. The van der Waals surface area contributed by atoms with Crippen LogP contribution in [-0.2, 0) is 24.2 Å². The van der Waals surface area contributed by atoms with Gasteiger partial charge >= 0.3 is 0 Å². The van der Waals surface area contributed by atoms with Crippen molar-refractivity contribution in [1.82, 2.24) is 5.32 Å². The number of hydrogen-bond donors (Lipinski definition) is 2. The Hall–Kier alpha value is -2.33. The second-order valence-corrected chi connectivity index (χ2v) is 6.37. The van der Waals surface area contributed by atoms with Crippen molar-refractivity contribution < 1.29 is 14.6 Å². The number of benzene rings is 2. The summed E-state index contributed by atoms with van der Waals surface area (Å²) in [6.45, 7) is 4.75. The highest BCUT2D eigenvalue weighted by molar-refractivity contribution is 5.82. The van der Waals surface area contributed by atoms with E-state index in [-0.39, 0.29) is 12.5 Å². The molecule has 2 aromatic rings. The molecule has 0 saturated heterocycles. The fraction of sp³-hybridized carbons (Fsp3) is 0.350. The van der Waals surface area contributed by atoms with Gasteiger partial charge in [-0.3, -0.25) is 4.79 Å². The summed E-state index contributed by atoms with van der Waals surface area (Å²) in [5.74, 6) is 0.770. The topological polar surface area (TPSA) is 58.6 Å². The third-order valence-electron chi connectivity index (χ3n) is 4.56. The predicted molar refractivity (Wildman–Crippen MR) is 93.1 cm³/mol. The molecule has 0 spiro atoms. The van der Waals surface area contributed by atoms with E-state index >= 15 is 0 Å². The molecule has 2 aromatic carbocycles. The molecule has 2 N–H and O–H groups in total. The second-order valence-electron chi connectivity index (χ2n) is 6.37. The van der Waals surface area contributed by atoms with Crippen LogP contribution in [0.1, 0.15) is 27.8 Å². The number of amides is 1. The lowest BCUT2D eigenvalue weighted by Crippen LogP contribution is -2.38. The molecule has 1 unspecified atom stereocenters. The predicted octanol–water partition coefficient (Wildman–Crippen LogP) is 2.46. The zero-order valence-electron chi connectivity index (χ0n) is 14.1. The minimum Gasteiger partial charge on any atom is -0.480 e. The van der Waals surface area contributed by atoms with E-state index in [0.717, 1.165) is 28.9 Å². The van der Waals surface area contributed by atoms with Crippen LogP contribution in [-0.4, -0.2) is 23.7 Å². The van der Waals surface area contributed by atoms with E-state index in [1.165, 1.54) is 11.1 Å². The van der Waals surface area contributed by atoms with Gasteiger partial charge in [-0.05, 0) is 54.2 Å². The summed E-state index contributed by atoms with van der Waals surface area (Å²) in [7, 11) is 0.